The van der Waals surface area contributed by atoms with Gasteiger partial charge in [-0.25, -0.2) is 4.79 Å². The summed E-state index contributed by atoms with van der Waals surface area (Å²) in [5.41, 5.74) is 0. The maximum Gasteiger partial charge on any atom is 0.490 e. The van der Waals surface area contributed by atoms with Gasteiger partial charge in [-0.2, -0.15) is 26.3 Å². The predicted octanol–water partition coefficient (Wildman–Crippen LogP) is 2.75. The number of rotatable bonds is 6. The Morgan fingerprint density at radius 1 is 1.24 bits per heavy atom. The lowest BCUT2D eigenvalue weighted by Crippen LogP contribution is -2.49. The van der Waals surface area contributed by atoms with Crippen LogP contribution in [0.2, 0.25) is 0 Å². The number of likely N-dealkylation sites (N-methyl/N-ethyl adjacent to an activating group) is 1. The summed E-state index contributed by atoms with van der Waals surface area (Å²) in [5, 5.41) is 18.3. The van der Waals surface area contributed by atoms with Crippen molar-refractivity contribution in [3.8, 4) is 0 Å². The Balaban J connectivity index is 0.000000718. The van der Waals surface area contributed by atoms with Gasteiger partial charge in [-0.3, -0.25) is 14.5 Å². The van der Waals surface area contributed by atoms with E-state index in [-0.39, 0.29) is 23.1 Å². The van der Waals surface area contributed by atoms with Gasteiger partial charge in [-0.05, 0) is 25.8 Å². The first kappa shape index (κ1) is 29.3. The van der Waals surface area contributed by atoms with E-state index in [2.05, 4.69) is 20.8 Å². The van der Waals surface area contributed by atoms with Gasteiger partial charge in [0.25, 0.3) is 5.91 Å². The van der Waals surface area contributed by atoms with Crippen LogP contribution in [-0.4, -0.2) is 64.9 Å². The maximum atomic E-state index is 12.6. The average molecular weight is 519 g/mol. The van der Waals surface area contributed by atoms with Gasteiger partial charge < -0.3 is 15.7 Å². The van der Waals surface area contributed by atoms with Gasteiger partial charge in [-0.1, -0.05) is 30.8 Å². The quantitative estimate of drug-likeness (QED) is 0.390. The molecular weight excluding hydrogens is 496 g/mol. The summed E-state index contributed by atoms with van der Waals surface area (Å²) < 4.78 is 69.5. The highest BCUT2D eigenvalue weighted by Crippen LogP contribution is 2.34. The Hall–Kier alpha value is -2.75. The van der Waals surface area contributed by atoms with E-state index in [4.69, 9.17) is 9.90 Å². The molecule has 0 bridgehead atoms. The number of hydrogen-bond acceptors (Lipinski definition) is 7. The number of hydrogen-bond donors (Lipinski definition) is 3. The minimum Gasteiger partial charge on any atom is -0.475 e. The molecule has 2 heterocycles. The summed E-state index contributed by atoms with van der Waals surface area (Å²) in [7, 11) is 1.32. The van der Waals surface area contributed by atoms with Crippen LogP contribution in [-0.2, 0) is 20.6 Å². The minimum atomic E-state index is -5.08. The second-order valence-electron chi connectivity index (χ2n) is 6.97. The van der Waals surface area contributed by atoms with E-state index >= 15 is 0 Å². The van der Waals surface area contributed by atoms with Gasteiger partial charge in [0.2, 0.25) is 16.0 Å². The van der Waals surface area contributed by atoms with Gasteiger partial charge in [0.1, 0.15) is 0 Å². The molecule has 2 rings (SSSR count). The van der Waals surface area contributed by atoms with E-state index in [0.29, 0.717) is 17.8 Å². The topological polar surface area (TPSA) is 125 Å². The summed E-state index contributed by atoms with van der Waals surface area (Å²) in [5.74, 6) is -3.43. The molecule has 1 fully saturated rings. The number of aliphatic carboxylic acids is 1. The lowest BCUT2D eigenvalue weighted by Gasteiger charge is -2.24. The van der Waals surface area contributed by atoms with Crippen LogP contribution >= 0.6 is 11.3 Å². The fourth-order valence-corrected chi connectivity index (χ4v) is 3.19. The Kier molecular flexibility index (Phi) is 10.9. The van der Waals surface area contributed by atoms with Crippen molar-refractivity contribution in [2.45, 2.75) is 57.0 Å². The minimum absolute atomic E-state index is 0.119. The van der Waals surface area contributed by atoms with Crippen molar-refractivity contribution < 1.29 is 45.8 Å². The van der Waals surface area contributed by atoms with E-state index in [1.165, 1.54) is 19.2 Å². The number of carboxylic acids is 1. The number of halogens is 6. The molecule has 1 aliphatic rings. The third-order valence-corrected chi connectivity index (χ3v) is 5.43. The van der Waals surface area contributed by atoms with Crippen LogP contribution in [0.25, 0.3) is 0 Å². The Morgan fingerprint density at radius 3 is 2.29 bits per heavy atom. The van der Waals surface area contributed by atoms with Crippen molar-refractivity contribution in [1.29, 1.82) is 0 Å². The van der Waals surface area contributed by atoms with Gasteiger partial charge in [0.15, 0.2) is 0 Å². The molecule has 1 aromatic heterocycles. The van der Waals surface area contributed by atoms with Crippen LogP contribution in [0.1, 0.15) is 37.6 Å². The van der Waals surface area contributed by atoms with Crippen LogP contribution in [0.5, 0.6) is 0 Å². The van der Waals surface area contributed by atoms with Crippen molar-refractivity contribution in [3.63, 3.8) is 0 Å². The molecule has 2 atom stereocenters. The number of carbonyl (C=O) groups excluding carboxylic acids is 2. The lowest BCUT2D eigenvalue weighted by atomic mass is 10.0. The van der Waals surface area contributed by atoms with Gasteiger partial charge in [0, 0.05) is 19.2 Å². The summed E-state index contributed by atoms with van der Waals surface area (Å²) in [6.45, 7) is 2.66. The van der Waals surface area contributed by atoms with E-state index in [1.807, 2.05) is 6.92 Å². The van der Waals surface area contributed by atoms with Crippen molar-refractivity contribution in [2.75, 3.05) is 18.5 Å². The monoisotopic (exact) mass is 519 g/mol. The first-order chi connectivity index (χ1) is 15.7. The molecule has 1 aliphatic heterocycles. The van der Waals surface area contributed by atoms with E-state index < -0.39 is 29.2 Å². The highest BCUT2D eigenvalue weighted by atomic mass is 32.1. The Bertz CT molecular complexity index is 868. The number of amides is 2. The summed E-state index contributed by atoms with van der Waals surface area (Å²) in [4.78, 5) is 34.3. The highest BCUT2D eigenvalue weighted by molar-refractivity contribution is 7.15. The molecule has 0 unspecified atom stereocenters. The molecule has 16 heteroatoms. The zero-order chi connectivity index (χ0) is 26.1. The average Bonchev–Trinajstić information content (AvgIpc) is 3.27. The van der Waals surface area contributed by atoms with Gasteiger partial charge >= 0.3 is 18.3 Å². The highest BCUT2D eigenvalue weighted by Gasteiger charge is 2.38. The number of alkyl halides is 6. The molecule has 0 aliphatic carbocycles. The van der Waals surface area contributed by atoms with E-state index in [9.17, 15) is 35.9 Å². The smallest absolute Gasteiger partial charge is 0.475 e. The van der Waals surface area contributed by atoms with E-state index in [1.54, 1.807) is 0 Å². The number of aromatic nitrogens is 2. The van der Waals surface area contributed by atoms with Crippen LogP contribution in [0, 0.1) is 0 Å². The van der Waals surface area contributed by atoms with Crippen molar-refractivity contribution in [1.82, 2.24) is 20.8 Å². The molecule has 34 heavy (non-hydrogen) atoms. The third-order valence-electron chi connectivity index (χ3n) is 4.38. The lowest BCUT2D eigenvalue weighted by molar-refractivity contribution is -0.192. The largest absolute Gasteiger partial charge is 0.490 e. The molecule has 3 N–H and O–H groups in total. The number of carboxylic acid groups (broad SMARTS) is 1. The number of piperidine rings is 1. The van der Waals surface area contributed by atoms with Crippen molar-refractivity contribution in [2.24, 2.45) is 0 Å². The molecule has 1 aromatic rings. The molecule has 9 nitrogen and oxygen atoms in total. The molecule has 0 spiro atoms. The van der Waals surface area contributed by atoms with E-state index in [0.717, 1.165) is 30.7 Å². The number of anilines is 1. The second-order valence-corrected chi connectivity index (χ2v) is 7.93. The number of nitrogens with one attached hydrogen (secondary N) is 2. The molecule has 0 radical (unpaired) electrons. The predicted molar refractivity (Wildman–Crippen MR) is 109 cm³/mol. The summed E-state index contributed by atoms with van der Waals surface area (Å²) in [6.07, 6.45) is -3.55. The van der Waals surface area contributed by atoms with Crippen LogP contribution in [0.15, 0.2) is 12.2 Å². The first-order valence-electron chi connectivity index (χ1n) is 9.87. The van der Waals surface area contributed by atoms with Gasteiger partial charge in [-0.15, -0.1) is 10.2 Å². The van der Waals surface area contributed by atoms with Crippen LogP contribution in [0.3, 0.4) is 0 Å². The maximum absolute atomic E-state index is 12.6. The molecule has 0 aromatic carbocycles. The fourth-order valence-electron chi connectivity index (χ4n) is 2.52. The zero-order valence-electron chi connectivity index (χ0n) is 18.0. The van der Waals surface area contributed by atoms with Gasteiger partial charge in [0.05, 0.1) is 6.04 Å². The van der Waals surface area contributed by atoms with Crippen LogP contribution in [0.4, 0.5) is 31.5 Å². The molecule has 2 amide bonds. The molecular formula is C18H23F6N5O4S. The fraction of sp³-hybridized carbons (Fsp3) is 0.611. The summed E-state index contributed by atoms with van der Waals surface area (Å²) in [6, 6.07) is -0.583. The van der Waals surface area contributed by atoms with Crippen LogP contribution < -0.4 is 15.5 Å². The Morgan fingerprint density at radius 2 is 1.85 bits per heavy atom. The molecule has 1 saturated heterocycles. The van der Waals surface area contributed by atoms with Crippen molar-refractivity contribution in [3.05, 3.63) is 17.2 Å². The second kappa shape index (κ2) is 12.6. The van der Waals surface area contributed by atoms with Crippen molar-refractivity contribution >= 4 is 34.3 Å². The first-order valence-corrected chi connectivity index (χ1v) is 10.7. The normalized spacial score (nSPS) is 17.5. The Labute approximate surface area is 194 Å². The standard InChI is InChI=1S/C16H22F3N5O2S.C2HF3O2/c1-3-10(21-13(26)11-6-4-5-9-20-11)7-8-12(25)24(2)15-23-22-14(27-15)16(17,18)19;3-2(4,5)1(6)7/h7-8,10-11,20H,3-6,9H2,1-2H3,(H,21,26);(H,6,7)/t10-,11-;/m0./s1. The molecule has 192 valence electrons. The number of nitrogens with zero attached hydrogens (tertiary/aromatic N) is 3. The number of carbonyl (C=O) groups is 3. The summed E-state index contributed by atoms with van der Waals surface area (Å²) >= 11 is 0.292. The molecule has 0 saturated carbocycles. The zero-order valence-corrected chi connectivity index (χ0v) is 18.9. The SMILES string of the molecule is CC[C@@H](C=CC(=O)N(C)c1nnc(C(F)(F)F)s1)NC(=O)[C@@H]1CCCCN1.O=C(O)C(F)(F)F. The third kappa shape index (κ3) is 9.62.